The number of benzene rings is 1. The van der Waals surface area contributed by atoms with E-state index in [9.17, 15) is 0 Å². The zero-order valence-electron chi connectivity index (χ0n) is 10.4. The molecule has 0 amide bonds. The lowest BCUT2D eigenvalue weighted by Crippen LogP contribution is -2.02. The van der Waals surface area contributed by atoms with Crippen LogP contribution in [0, 0.1) is 6.92 Å². The standard InChI is InChI=1S/C12H14N6/c1-3-7-18-12(13-8(2)16-18)9-5-4-6-10-11(9)15-17-14-10/h4-6H,3,7H2,1-2H3,(H,14,15,17). The predicted molar refractivity (Wildman–Crippen MR) is 67.9 cm³/mol. The maximum absolute atomic E-state index is 4.50. The average Bonchev–Trinajstić information content (AvgIpc) is 2.95. The molecule has 0 radical (unpaired) electrons. The third-order valence-corrected chi connectivity index (χ3v) is 2.80. The predicted octanol–water partition coefficient (Wildman–Crippen LogP) is 1.93. The van der Waals surface area contributed by atoms with E-state index in [-0.39, 0.29) is 0 Å². The van der Waals surface area contributed by atoms with Crippen molar-refractivity contribution in [3.63, 3.8) is 0 Å². The van der Waals surface area contributed by atoms with E-state index in [0.29, 0.717) is 0 Å². The van der Waals surface area contributed by atoms with Crippen LogP contribution in [-0.4, -0.2) is 30.2 Å². The second-order valence-electron chi connectivity index (χ2n) is 4.20. The third kappa shape index (κ3) is 1.66. The maximum atomic E-state index is 4.50. The molecule has 0 aliphatic heterocycles. The van der Waals surface area contributed by atoms with Gasteiger partial charge < -0.3 is 0 Å². The minimum absolute atomic E-state index is 0.777. The van der Waals surface area contributed by atoms with Gasteiger partial charge in [-0.3, -0.25) is 0 Å². The maximum Gasteiger partial charge on any atom is 0.160 e. The fourth-order valence-corrected chi connectivity index (χ4v) is 2.07. The summed E-state index contributed by atoms with van der Waals surface area (Å²) in [6.45, 7) is 4.88. The molecule has 3 rings (SSSR count). The molecular formula is C12H14N6. The monoisotopic (exact) mass is 242 g/mol. The number of hydrogen-bond acceptors (Lipinski definition) is 4. The Bertz CT molecular complexity index is 681. The van der Waals surface area contributed by atoms with Crippen LogP contribution in [0.1, 0.15) is 19.2 Å². The molecule has 6 heteroatoms. The van der Waals surface area contributed by atoms with Gasteiger partial charge in [0.1, 0.15) is 16.9 Å². The van der Waals surface area contributed by atoms with Crippen molar-refractivity contribution < 1.29 is 0 Å². The number of H-pyrrole nitrogens is 1. The molecule has 1 aromatic carbocycles. The van der Waals surface area contributed by atoms with Crippen LogP contribution >= 0.6 is 0 Å². The van der Waals surface area contributed by atoms with Gasteiger partial charge in [0.15, 0.2) is 5.82 Å². The van der Waals surface area contributed by atoms with Crippen LogP contribution in [-0.2, 0) is 6.54 Å². The molecule has 3 aromatic rings. The van der Waals surface area contributed by atoms with Crippen LogP contribution in [0.5, 0.6) is 0 Å². The Kier molecular flexibility index (Phi) is 2.55. The van der Waals surface area contributed by atoms with Crippen molar-refractivity contribution >= 4 is 11.0 Å². The summed E-state index contributed by atoms with van der Waals surface area (Å²) in [4.78, 5) is 4.50. The largest absolute Gasteiger partial charge is 0.246 e. The lowest BCUT2D eigenvalue weighted by atomic mass is 10.1. The van der Waals surface area contributed by atoms with Crippen LogP contribution in [0.2, 0.25) is 0 Å². The van der Waals surface area contributed by atoms with Crippen molar-refractivity contribution in [1.29, 1.82) is 0 Å². The summed E-state index contributed by atoms with van der Waals surface area (Å²) in [5, 5.41) is 15.3. The fourth-order valence-electron chi connectivity index (χ4n) is 2.07. The Morgan fingerprint density at radius 1 is 1.28 bits per heavy atom. The highest BCUT2D eigenvalue weighted by Crippen LogP contribution is 2.24. The summed E-state index contributed by atoms with van der Waals surface area (Å²) in [6, 6.07) is 5.89. The number of para-hydroxylation sites is 1. The molecule has 18 heavy (non-hydrogen) atoms. The van der Waals surface area contributed by atoms with Crippen LogP contribution in [0.4, 0.5) is 0 Å². The van der Waals surface area contributed by atoms with Gasteiger partial charge in [0.25, 0.3) is 0 Å². The van der Waals surface area contributed by atoms with E-state index in [2.05, 4.69) is 32.4 Å². The Morgan fingerprint density at radius 3 is 3.00 bits per heavy atom. The number of hydrogen-bond donors (Lipinski definition) is 1. The number of nitrogens with zero attached hydrogens (tertiary/aromatic N) is 5. The number of rotatable bonds is 3. The second kappa shape index (κ2) is 4.21. The van der Waals surface area contributed by atoms with E-state index in [1.54, 1.807) is 0 Å². The summed E-state index contributed by atoms with van der Waals surface area (Å²) in [6.07, 6.45) is 1.02. The van der Waals surface area contributed by atoms with Gasteiger partial charge in [-0.25, -0.2) is 9.67 Å². The summed E-state index contributed by atoms with van der Waals surface area (Å²) in [5.74, 6) is 1.63. The number of aromatic nitrogens is 6. The highest BCUT2D eigenvalue weighted by molar-refractivity contribution is 5.89. The molecule has 2 heterocycles. The Hall–Kier alpha value is -2.24. The van der Waals surface area contributed by atoms with Crippen molar-refractivity contribution in [2.24, 2.45) is 0 Å². The summed E-state index contributed by atoms with van der Waals surface area (Å²) >= 11 is 0. The van der Waals surface area contributed by atoms with Gasteiger partial charge in [-0.1, -0.05) is 13.0 Å². The second-order valence-corrected chi connectivity index (χ2v) is 4.20. The first-order valence-corrected chi connectivity index (χ1v) is 6.01. The van der Waals surface area contributed by atoms with Gasteiger partial charge in [0.2, 0.25) is 0 Å². The highest BCUT2D eigenvalue weighted by atomic mass is 15.4. The molecule has 6 nitrogen and oxygen atoms in total. The van der Waals surface area contributed by atoms with Gasteiger partial charge >= 0.3 is 0 Å². The third-order valence-electron chi connectivity index (χ3n) is 2.80. The molecule has 0 aliphatic rings. The van der Waals surface area contributed by atoms with Crippen molar-refractivity contribution in [3.8, 4) is 11.4 Å². The fraction of sp³-hybridized carbons (Fsp3) is 0.333. The SMILES string of the molecule is CCCn1nc(C)nc1-c1cccc2n[nH]nc12. The van der Waals surface area contributed by atoms with E-state index >= 15 is 0 Å². The van der Waals surface area contributed by atoms with E-state index in [4.69, 9.17) is 0 Å². The smallest absolute Gasteiger partial charge is 0.160 e. The minimum atomic E-state index is 0.777. The molecule has 1 N–H and O–H groups in total. The first-order chi connectivity index (χ1) is 8.79. The van der Waals surface area contributed by atoms with Crippen molar-refractivity contribution in [2.75, 3.05) is 0 Å². The van der Waals surface area contributed by atoms with E-state index in [1.165, 1.54) is 0 Å². The molecule has 0 bridgehead atoms. The number of fused-ring (bicyclic) bond motifs is 1. The van der Waals surface area contributed by atoms with Gasteiger partial charge in [0, 0.05) is 12.1 Å². The first kappa shape index (κ1) is 10.9. The van der Waals surface area contributed by atoms with Gasteiger partial charge in [-0.2, -0.15) is 20.5 Å². The zero-order chi connectivity index (χ0) is 12.5. The average molecular weight is 242 g/mol. The van der Waals surface area contributed by atoms with Crippen LogP contribution in [0.3, 0.4) is 0 Å². The quantitative estimate of drug-likeness (QED) is 0.761. The van der Waals surface area contributed by atoms with Crippen molar-refractivity contribution in [1.82, 2.24) is 30.2 Å². The number of aryl methyl sites for hydroxylation is 2. The molecule has 92 valence electrons. The highest BCUT2D eigenvalue weighted by Gasteiger charge is 2.14. The van der Waals surface area contributed by atoms with E-state index < -0.39 is 0 Å². The Balaban J connectivity index is 2.22. The Labute approximate surface area is 104 Å². The van der Waals surface area contributed by atoms with Gasteiger partial charge in [-0.05, 0) is 25.5 Å². The molecule has 2 aromatic heterocycles. The van der Waals surface area contributed by atoms with Crippen molar-refractivity contribution in [2.45, 2.75) is 26.8 Å². The topological polar surface area (TPSA) is 72.3 Å². The van der Waals surface area contributed by atoms with Crippen LogP contribution in [0.25, 0.3) is 22.4 Å². The van der Waals surface area contributed by atoms with E-state index in [1.807, 2.05) is 29.8 Å². The van der Waals surface area contributed by atoms with Crippen LogP contribution < -0.4 is 0 Å². The Morgan fingerprint density at radius 2 is 2.17 bits per heavy atom. The van der Waals surface area contributed by atoms with E-state index in [0.717, 1.165) is 41.2 Å². The molecular weight excluding hydrogens is 228 g/mol. The molecule has 0 unspecified atom stereocenters. The molecule has 0 saturated heterocycles. The summed E-state index contributed by atoms with van der Waals surface area (Å²) < 4.78 is 1.93. The number of nitrogens with one attached hydrogen (secondary N) is 1. The molecule has 0 atom stereocenters. The molecule has 0 fully saturated rings. The molecule has 0 aliphatic carbocycles. The first-order valence-electron chi connectivity index (χ1n) is 6.01. The normalized spacial score (nSPS) is 11.2. The summed E-state index contributed by atoms with van der Waals surface area (Å²) in [7, 11) is 0. The molecule has 0 spiro atoms. The van der Waals surface area contributed by atoms with Gasteiger partial charge in [-0.15, -0.1) is 0 Å². The number of aromatic amines is 1. The summed E-state index contributed by atoms with van der Waals surface area (Å²) in [5.41, 5.74) is 2.65. The minimum Gasteiger partial charge on any atom is -0.246 e. The van der Waals surface area contributed by atoms with Gasteiger partial charge in [0.05, 0.1) is 0 Å². The van der Waals surface area contributed by atoms with Crippen molar-refractivity contribution in [3.05, 3.63) is 24.0 Å². The lowest BCUT2D eigenvalue weighted by Gasteiger charge is -2.04. The molecule has 0 saturated carbocycles. The van der Waals surface area contributed by atoms with Crippen LogP contribution in [0.15, 0.2) is 18.2 Å². The zero-order valence-corrected chi connectivity index (χ0v) is 10.4. The lowest BCUT2D eigenvalue weighted by molar-refractivity contribution is 0.604.